The summed E-state index contributed by atoms with van der Waals surface area (Å²) in [5.41, 5.74) is 0. The van der Waals surface area contributed by atoms with E-state index >= 15 is 0 Å². The molecule has 0 saturated carbocycles. The fourth-order valence-corrected chi connectivity index (χ4v) is 3.41. The smallest absolute Gasteiger partial charge is 0.260 e. The van der Waals surface area contributed by atoms with Crippen molar-refractivity contribution in [3.8, 4) is 0 Å². The zero-order valence-corrected chi connectivity index (χ0v) is 16.6. The van der Waals surface area contributed by atoms with Crippen molar-refractivity contribution in [2.45, 2.75) is 110 Å². The van der Waals surface area contributed by atoms with Crippen LogP contribution < -0.4 is 0 Å². The van der Waals surface area contributed by atoms with Crippen LogP contribution >= 0.6 is 0 Å². The molecule has 0 spiro atoms. The molecule has 26 heavy (non-hydrogen) atoms. The molecule has 0 aliphatic carbocycles. The van der Waals surface area contributed by atoms with Gasteiger partial charge in [0.2, 0.25) is 5.91 Å². The van der Waals surface area contributed by atoms with Gasteiger partial charge in [-0.05, 0) is 6.42 Å². The number of unbranched alkanes of at least 4 members (excludes halogenated alkanes) is 14. The zero-order valence-electron chi connectivity index (χ0n) is 16.6. The van der Waals surface area contributed by atoms with Crippen molar-refractivity contribution in [3.05, 3.63) is 12.2 Å². The second kappa shape index (κ2) is 14.7. The number of carbonyl (C=O) groups is 3. The van der Waals surface area contributed by atoms with Crippen molar-refractivity contribution in [1.82, 2.24) is 4.90 Å². The van der Waals surface area contributed by atoms with E-state index in [0.717, 1.165) is 36.3 Å². The van der Waals surface area contributed by atoms with Crippen molar-refractivity contribution < 1.29 is 14.4 Å². The van der Waals surface area contributed by atoms with Gasteiger partial charge in [-0.15, -0.1) is 0 Å². The van der Waals surface area contributed by atoms with Crippen molar-refractivity contribution in [2.75, 3.05) is 0 Å². The maximum absolute atomic E-state index is 11.8. The number of carbonyl (C=O) groups excluding carboxylic acids is 3. The average Bonchev–Trinajstić information content (AvgIpc) is 2.96. The summed E-state index contributed by atoms with van der Waals surface area (Å²) in [6, 6.07) is 0. The van der Waals surface area contributed by atoms with E-state index in [9.17, 15) is 14.4 Å². The van der Waals surface area contributed by atoms with Crippen molar-refractivity contribution in [3.63, 3.8) is 0 Å². The van der Waals surface area contributed by atoms with E-state index < -0.39 is 11.8 Å². The fraction of sp³-hybridized carbons (Fsp3) is 0.773. The first-order valence-electron chi connectivity index (χ1n) is 10.8. The maximum atomic E-state index is 11.8. The number of nitrogens with zero attached hydrogens (tertiary/aromatic N) is 1. The molecule has 1 aliphatic rings. The highest BCUT2D eigenvalue weighted by Gasteiger charge is 2.29. The molecule has 0 aromatic rings. The lowest BCUT2D eigenvalue weighted by molar-refractivity contribution is -0.148. The van der Waals surface area contributed by atoms with Crippen molar-refractivity contribution in [2.24, 2.45) is 0 Å². The Kier molecular flexibility index (Phi) is 12.8. The quantitative estimate of drug-likeness (QED) is 0.261. The Balaban J connectivity index is 1.82. The summed E-state index contributed by atoms with van der Waals surface area (Å²) < 4.78 is 0. The molecule has 4 heteroatoms. The van der Waals surface area contributed by atoms with Crippen LogP contribution in [0.3, 0.4) is 0 Å². The topological polar surface area (TPSA) is 54.5 Å². The number of hydrogen-bond acceptors (Lipinski definition) is 3. The lowest BCUT2D eigenvalue weighted by atomic mass is 10.0. The van der Waals surface area contributed by atoms with Crippen molar-refractivity contribution in [1.29, 1.82) is 0 Å². The largest absolute Gasteiger partial charge is 0.274 e. The molecule has 0 aromatic carbocycles. The van der Waals surface area contributed by atoms with Crippen LogP contribution in [-0.4, -0.2) is 22.6 Å². The summed E-state index contributed by atoms with van der Waals surface area (Å²) in [6.07, 6.45) is 21.7. The number of imide groups is 3. The summed E-state index contributed by atoms with van der Waals surface area (Å²) in [4.78, 5) is 35.4. The Morgan fingerprint density at radius 1 is 0.654 bits per heavy atom. The zero-order chi connectivity index (χ0) is 19.0. The molecule has 0 fully saturated rings. The molecule has 148 valence electrons. The third-order valence-corrected chi connectivity index (χ3v) is 5.05. The van der Waals surface area contributed by atoms with Gasteiger partial charge in [-0.25, -0.2) is 4.90 Å². The van der Waals surface area contributed by atoms with Crippen LogP contribution in [0.2, 0.25) is 0 Å². The number of amides is 3. The number of hydrogen-bond donors (Lipinski definition) is 0. The predicted octanol–water partition coefficient (Wildman–Crippen LogP) is 5.70. The molecule has 0 bridgehead atoms. The molecule has 4 nitrogen and oxygen atoms in total. The van der Waals surface area contributed by atoms with Gasteiger partial charge in [-0.1, -0.05) is 96.8 Å². The maximum Gasteiger partial charge on any atom is 0.260 e. The molecule has 0 radical (unpaired) electrons. The second-order valence-electron chi connectivity index (χ2n) is 7.44. The monoisotopic (exact) mass is 363 g/mol. The summed E-state index contributed by atoms with van der Waals surface area (Å²) in [6.45, 7) is 2.26. The molecule has 0 unspecified atom stereocenters. The molecular formula is C22H37NO3. The first-order valence-corrected chi connectivity index (χ1v) is 10.8. The van der Waals surface area contributed by atoms with Gasteiger partial charge in [-0.2, -0.15) is 0 Å². The Morgan fingerprint density at radius 3 is 1.38 bits per heavy atom. The third-order valence-electron chi connectivity index (χ3n) is 5.05. The van der Waals surface area contributed by atoms with E-state index in [-0.39, 0.29) is 12.3 Å². The van der Waals surface area contributed by atoms with E-state index in [1.165, 1.54) is 77.0 Å². The van der Waals surface area contributed by atoms with Crippen LogP contribution in [0.25, 0.3) is 0 Å². The Bertz CT molecular complexity index is 438. The average molecular weight is 364 g/mol. The van der Waals surface area contributed by atoms with Gasteiger partial charge in [0.1, 0.15) is 0 Å². The van der Waals surface area contributed by atoms with Crippen molar-refractivity contribution >= 4 is 17.7 Å². The van der Waals surface area contributed by atoms with Gasteiger partial charge in [0.15, 0.2) is 0 Å². The molecule has 3 amide bonds. The summed E-state index contributed by atoms with van der Waals surface area (Å²) in [5.74, 6) is -1.36. The Hall–Kier alpha value is -1.45. The van der Waals surface area contributed by atoms with Crippen LogP contribution in [0.1, 0.15) is 110 Å². The second-order valence-corrected chi connectivity index (χ2v) is 7.44. The molecule has 1 aliphatic heterocycles. The summed E-state index contributed by atoms with van der Waals surface area (Å²) in [5, 5.41) is 0. The van der Waals surface area contributed by atoms with Gasteiger partial charge < -0.3 is 0 Å². The molecule has 0 aromatic heterocycles. The number of rotatable bonds is 16. The van der Waals surface area contributed by atoms with Crippen LogP contribution in [0.4, 0.5) is 0 Å². The van der Waals surface area contributed by atoms with Crippen LogP contribution in [-0.2, 0) is 14.4 Å². The highest BCUT2D eigenvalue weighted by Crippen LogP contribution is 2.14. The summed E-state index contributed by atoms with van der Waals surface area (Å²) >= 11 is 0. The molecule has 0 atom stereocenters. The Labute approximate surface area is 159 Å². The Morgan fingerprint density at radius 2 is 1.00 bits per heavy atom. The van der Waals surface area contributed by atoms with Gasteiger partial charge in [0.05, 0.1) is 0 Å². The standard InChI is InChI=1S/C22H37NO3/c1-2-3-4-5-6-7-8-9-10-11-12-13-14-15-16-17-20(24)23-21(25)18-19-22(23)26/h18-19H,2-17H2,1H3. The van der Waals surface area contributed by atoms with E-state index in [2.05, 4.69) is 6.92 Å². The van der Waals surface area contributed by atoms with Crippen LogP contribution in [0.15, 0.2) is 12.2 Å². The summed E-state index contributed by atoms with van der Waals surface area (Å²) in [7, 11) is 0. The molecule has 0 N–H and O–H groups in total. The molecule has 1 heterocycles. The highest BCUT2D eigenvalue weighted by molar-refractivity contribution is 6.22. The van der Waals surface area contributed by atoms with Gasteiger partial charge in [0, 0.05) is 18.6 Å². The third kappa shape index (κ3) is 9.88. The molecular weight excluding hydrogens is 326 g/mol. The van der Waals surface area contributed by atoms with Crippen LogP contribution in [0, 0.1) is 0 Å². The minimum Gasteiger partial charge on any atom is -0.274 e. The first kappa shape index (κ1) is 22.6. The molecule has 1 rings (SSSR count). The van der Waals surface area contributed by atoms with Gasteiger partial charge in [-0.3, -0.25) is 14.4 Å². The minimum absolute atomic E-state index is 0.289. The van der Waals surface area contributed by atoms with Gasteiger partial charge >= 0.3 is 0 Å². The SMILES string of the molecule is CCCCCCCCCCCCCCCCCC(=O)N1C(=O)C=CC1=O. The first-order chi connectivity index (χ1) is 12.7. The molecule has 0 saturated heterocycles. The van der Waals surface area contributed by atoms with Crippen LogP contribution in [0.5, 0.6) is 0 Å². The minimum atomic E-state index is -0.499. The highest BCUT2D eigenvalue weighted by atomic mass is 16.2. The normalized spacial score (nSPS) is 13.8. The lowest BCUT2D eigenvalue weighted by Crippen LogP contribution is -2.36. The van der Waals surface area contributed by atoms with E-state index in [0.29, 0.717) is 0 Å². The predicted molar refractivity (Wildman–Crippen MR) is 106 cm³/mol. The fourth-order valence-electron chi connectivity index (χ4n) is 3.41. The van der Waals surface area contributed by atoms with E-state index in [1.807, 2.05) is 0 Å². The van der Waals surface area contributed by atoms with E-state index in [4.69, 9.17) is 0 Å². The van der Waals surface area contributed by atoms with E-state index in [1.54, 1.807) is 0 Å². The van der Waals surface area contributed by atoms with Gasteiger partial charge in [0.25, 0.3) is 11.8 Å². The lowest BCUT2D eigenvalue weighted by Gasteiger charge is -2.11.